The van der Waals surface area contributed by atoms with Gasteiger partial charge in [0.05, 0.1) is 11.7 Å². The fourth-order valence-electron chi connectivity index (χ4n) is 3.86. The van der Waals surface area contributed by atoms with E-state index in [1.165, 1.54) is 50.7 Å². The highest BCUT2D eigenvalue weighted by Gasteiger charge is 2.16. The van der Waals surface area contributed by atoms with E-state index in [4.69, 9.17) is 14.2 Å². The first-order valence-electron chi connectivity index (χ1n) is 13.4. The SMILES string of the molecule is CCCCCCCCCC(=O)Oc1ccc(C(=O)Oc2ccc(OC(C)CCCCC)cc2)c(F)c1. The van der Waals surface area contributed by atoms with E-state index in [0.717, 1.165) is 38.2 Å². The monoisotopic (exact) mass is 500 g/mol. The van der Waals surface area contributed by atoms with E-state index in [2.05, 4.69) is 13.8 Å². The van der Waals surface area contributed by atoms with Crippen LogP contribution in [0.1, 0.15) is 108 Å². The number of hydrogen-bond acceptors (Lipinski definition) is 5. The summed E-state index contributed by atoms with van der Waals surface area (Å²) in [6, 6.07) is 10.4. The number of hydrogen-bond donors (Lipinski definition) is 0. The Kier molecular flexibility index (Phi) is 13.6. The number of carbonyl (C=O) groups excluding carboxylic acids is 2. The van der Waals surface area contributed by atoms with Gasteiger partial charge in [-0.25, -0.2) is 9.18 Å². The van der Waals surface area contributed by atoms with Crippen molar-refractivity contribution in [2.75, 3.05) is 0 Å². The zero-order valence-electron chi connectivity index (χ0n) is 22.0. The van der Waals surface area contributed by atoms with Gasteiger partial charge in [-0.2, -0.15) is 0 Å². The van der Waals surface area contributed by atoms with E-state index in [0.29, 0.717) is 5.75 Å². The van der Waals surface area contributed by atoms with Crippen LogP contribution in [0.15, 0.2) is 42.5 Å². The van der Waals surface area contributed by atoms with Gasteiger partial charge in [0.15, 0.2) is 0 Å². The predicted octanol–water partition coefficient (Wildman–Crippen LogP) is 8.44. The topological polar surface area (TPSA) is 61.8 Å². The fraction of sp³-hybridized carbons (Fsp3) is 0.533. The van der Waals surface area contributed by atoms with Crippen molar-refractivity contribution in [1.29, 1.82) is 0 Å². The zero-order valence-corrected chi connectivity index (χ0v) is 22.0. The number of unbranched alkanes of at least 4 members (excludes halogenated alkanes) is 8. The standard InChI is InChI=1S/C30H41FO5/c1-4-6-8-9-10-11-13-15-29(32)35-26-20-21-27(28(31)22-26)30(33)36-25-18-16-24(17-19-25)34-23(3)14-12-7-5-2/h16-23H,4-15H2,1-3H3. The lowest BCUT2D eigenvalue weighted by Crippen LogP contribution is -2.13. The molecule has 2 aromatic carbocycles. The molecule has 1 atom stereocenters. The quantitative estimate of drug-likeness (QED) is 0.124. The highest BCUT2D eigenvalue weighted by Crippen LogP contribution is 2.23. The molecule has 1 unspecified atom stereocenters. The average molecular weight is 501 g/mol. The Morgan fingerprint density at radius 3 is 2.00 bits per heavy atom. The molecule has 0 spiro atoms. The van der Waals surface area contributed by atoms with Crippen molar-refractivity contribution in [2.45, 2.75) is 104 Å². The molecule has 0 fully saturated rings. The summed E-state index contributed by atoms with van der Waals surface area (Å²) in [5.41, 5.74) is -0.230. The Bertz CT molecular complexity index is 925. The molecule has 0 heterocycles. The number of ether oxygens (including phenoxy) is 3. The van der Waals surface area contributed by atoms with Crippen LogP contribution in [0.25, 0.3) is 0 Å². The van der Waals surface area contributed by atoms with Gasteiger partial charge in [0.2, 0.25) is 0 Å². The van der Waals surface area contributed by atoms with E-state index < -0.39 is 17.8 Å². The number of halogens is 1. The molecule has 2 rings (SSSR count). The minimum Gasteiger partial charge on any atom is -0.491 e. The van der Waals surface area contributed by atoms with Crippen LogP contribution in [0.5, 0.6) is 17.2 Å². The summed E-state index contributed by atoms with van der Waals surface area (Å²) < 4.78 is 30.9. The lowest BCUT2D eigenvalue weighted by atomic mass is 10.1. The van der Waals surface area contributed by atoms with Crippen molar-refractivity contribution in [1.82, 2.24) is 0 Å². The van der Waals surface area contributed by atoms with Gasteiger partial charge in [-0.3, -0.25) is 4.79 Å². The van der Waals surface area contributed by atoms with Crippen LogP contribution < -0.4 is 14.2 Å². The molecule has 0 amide bonds. The van der Waals surface area contributed by atoms with E-state index in [1.807, 2.05) is 6.92 Å². The minimum atomic E-state index is -0.824. The molecule has 5 nitrogen and oxygen atoms in total. The summed E-state index contributed by atoms with van der Waals surface area (Å²) >= 11 is 0. The van der Waals surface area contributed by atoms with Crippen LogP contribution in [0, 0.1) is 5.82 Å². The van der Waals surface area contributed by atoms with Crippen molar-refractivity contribution in [3.8, 4) is 17.2 Å². The Hall–Kier alpha value is -2.89. The highest BCUT2D eigenvalue weighted by atomic mass is 19.1. The van der Waals surface area contributed by atoms with E-state index in [9.17, 15) is 14.0 Å². The number of esters is 2. The third-order valence-electron chi connectivity index (χ3n) is 5.96. The van der Waals surface area contributed by atoms with Crippen LogP contribution in [0.4, 0.5) is 4.39 Å². The van der Waals surface area contributed by atoms with Crippen molar-refractivity contribution < 1.29 is 28.2 Å². The van der Waals surface area contributed by atoms with Crippen molar-refractivity contribution >= 4 is 11.9 Å². The summed E-state index contributed by atoms with van der Waals surface area (Å²) in [4.78, 5) is 24.5. The van der Waals surface area contributed by atoms with E-state index >= 15 is 0 Å². The molecule has 0 N–H and O–H groups in total. The van der Waals surface area contributed by atoms with Gasteiger partial charge in [-0.05, 0) is 62.6 Å². The molecule has 0 aliphatic rings. The fourth-order valence-corrected chi connectivity index (χ4v) is 3.86. The van der Waals surface area contributed by atoms with Gasteiger partial charge in [0, 0.05) is 12.5 Å². The van der Waals surface area contributed by atoms with Crippen LogP contribution >= 0.6 is 0 Å². The second-order valence-corrected chi connectivity index (χ2v) is 9.27. The zero-order chi connectivity index (χ0) is 26.2. The molecule has 0 aliphatic carbocycles. The Morgan fingerprint density at radius 1 is 0.750 bits per heavy atom. The van der Waals surface area contributed by atoms with Gasteiger partial charge in [0.1, 0.15) is 23.1 Å². The van der Waals surface area contributed by atoms with Gasteiger partial charge in [0.25, 0.3) is 0 Å². The lowest BCUT2D eigenvalue weighted by molar-refractivity contribution is -0.134. The average Bonchev–Trinajstić information content (AvgIpc) is 2.85. The summed E-state index contributed by atoms with van der Waals surface area (Å²) in [5.74, 6) is -0.979. The first-order valence-corrected chi connectivity index (χ1v) is 13.4. The van der Waals surface area contributed by atoms with Crippen LogP contribution in [0.2, 0.25) is 0 Å². The van der Waals surface area contributed by atoms with Crippen LogP contribution in [-0.4, -0.2) is 18.0 Å². The van der Waals surface area contributed by atoms with Crippen LogP contribution in [0.3, 0.4) is 0 Å². The smallest absolute Gasteiger partial charge is 0.346 e. The number of carbonyl (C=O) groups is 2. The molecule has 0 saturated heterocycles. The molecule has 6 heteroatoms. The summed E-state index contributed by atoms with van der Waals surface area (Å²) in [6.07, 6.45) is 12.5. The first-order chi connectivity index (χ1) is 17.4. The van der Waals surface area contributed by atoms with E-state index in [1.54, 1.807) is 24.3 Å². The maximum absolute atomic E-state index is 14.5. The highest BCUT2D eigenvalue weighted by molar-refractivity contribution is 5.91. The van der Waals surface area contributed by atoms with Crippen molar-refractivity contribution in [3.63, 3.8) is 0 Å². The Balaban J connectivity index is 1.79. The van der Waals surface area contributed by atoms with E-state index in [-0.39, 0.29) is 29.6 Å². The number of benzene rings is 2. The summed E-state index contributed by atoms with van der Waals surface area (Å²) in [6.45, 7) is 6.38. The van der Waals surface area contributed by atoms with Gasteiger partial charge in [-0.1, -0.05) is 65.2 Å². The molecular formula is C30H41FO5. The predicted molar refractivity (Wildman–Crippen MR) is 140 cm³/mol. The van der Waals surface area contributed by atoms with Crippen molar-refractivity contribution in [2.24, 2.45) is 0 Å². The first kappa shape index (κ1) is 29.3. The van der Waals surface area contributed by atoms with Gasteiger partial charge >= 0.3 is 11.9 Å². The molecule has 2 aromatic rings. The molecule has 0 aromatic heterocycles. The van der Waals surface area contributed by atoms with Gasteiger partial charge in [-0.15, -0.1) is 0 Å². The third-order valence-corrected chi connectivity index (χ3v) is 5.96. The minimum absolute atomic E-state index is 0.0755. The number of rotatable bonds is 17. The molecule has 0 radical (unpaired) electrons. The molecular weight excluding hydrogens is 459 g/mol. The normalized spacial score (nSPS) is 11.7. The lowest BCUT2D eigenvalue weighted by Gasteiger charge is -2.14. The van der Waals surface area contributed by atoms with Crippen LogP contribution in [-0.2, 0) is 4.79 Å². The maximum Gasteiger partial charge on any atom is 0.346 e. The Labute approximate surface area is 215 Å². The molecule has 0 saturated carbocycles. The third kappa shape index (κ3) is 11.2. The molecule has 198 valence electrons. The second-order valence-electron chi connectivity index (χ2n) is 9.27. The summed E-state index contributed by atoms with van der Waals surface area (Å²) in [5, 5.41) is 0. The molecule has 0 aliphatic heterocycles. The van der Waals surface area contributed by atoms with Gasteiger partial charge < -0.3 is 14.2 Å². The largest absolute Gasteiger partial charge is 0.491 e. The van der Waals surface area contributed by atoms with Crippen molar-refractivity contribution in [3.05, 3.63) is 53.8 Å². The maximum atomic E-state index is 14.5. The second kappa shape index (κ2) is 16.7. The molecule has 0 bridgehead atoms. The molecule has 36 heavy (non-hydrogen) atoms. The summed E-state index contributed by atoms with van der Waals surface area (Å²) in [7, 11) is 0. The Morgan fingerprint density at radius 2 is 1.33 bits per heavy atom.